The third-order valence-electron chi connectivity index (χ3n) is 2.20. The van der Waals surface area contributed by atoms with Crippen LogP contribution in [-0.4, -0.2) is 10.2 Å². The first-order chi connectivity index (χ1) is 6.15. The lowest BCUT2D eigenvalue weighted by Gasteiger charge is -2.03. The summed E-state index contributed by atoms with van der Waals surface area (Å²) in [4.78, 5) is 0. The Morgan fingerprint density at radius 3 is 2.85 bits per heavy atom. The van der Waals surface area contributed by atoms with Crippen molar-refractivity contribution >= 4 is 12.2 Å². The zero-order valence-corrected chi connectivity index (χ0v) is 8.46. The van der Waals surface area contributed by atoms with Crippen LogP contribution in [0.4, 0.5) is 0 Å². The fourth-order valence-electron chi connectivity index (χ4n) is 0.978. The Labute approximate surface area is 79.4 Å². The van der Waals surface area contributed by atoms with Gasteiger partial charge in [-0.05, 0) is 18.9 Å². The molecule has 0 aliphatic carbocycles. The molecule has 0 aromatic carbocycles. The van der Waals surface area contributed by atoms with Crippen molar-refractivity contribution in [1.82, 2.24) is 10.2 Å². The van der Waals surface area contributed by atoms with Crippen molar-refractivity contribution in [3.8, 4) is 0 Å². The monoisotopic (exact) mass is 176 g/mol. The van der Waals surface area contributed by atoms with Gasteiger partial charge < -0.3 is 0 Å². The predicted octanol–water partition coefficient (Wildman–Crippen LogP) is 3.11. The summed E-state index contributed by atoms with van der Waals surface area (Å²) in [6.45, 7) is 10.2. The van der Waals surface area contributed by atoms with Crippen molar-refractivity contribution in [1.29, 1.82) is 0 Å². The maximum atomic E-state index is 3.96. The number of aromatic nitrogens is 2. The van der Waals surface area contributed by atoms with E-state index in [0.29, 0.717) is 5.92 Å². The van der Waals surface area contributed by atoms with E-state index >= 15 is 0 Å². The van der Waals surface area contributed by atoms with Gasteiger partial charge in [-0.15, -0.1) is 0 Å². The fraction of sp³-hybridized carbons (Fsp3) is 0.364. The topological polar surface area (TPSA) is 28.7 Å². The Morgan fingerprint density at radius 2 is 2.31 bits per heavy atom. The van der Waals surface area contributed by atoms with Crippen molar-refractivity contribution in [3.05, 3.63) is 29.6 Å². The smallest absolute Gasteiger partial charge is 0.0649 e. The quantitative estimate of drug-likeness (QED) is 0.753. The van der Waals surface area contributed by atoms with Crippen LogP contribution in [0.3, 0.4) is 0 Å². The molecule has 70 valence electrons. The molecule has 0 saturated heterocycles. The lowest BCUT2D eigenvalue weighted by Crippen LogP contribution is -1.89. The Bertz CT molecular complexity index is 319. The molecule has 2 nitrogen and oxygen atoms in total. The molecule has 0 bridgehead atoms. The number of hydrogen-bond acceptors (Lipinski definition) is 1. The average molecular weight is 176 g/mol. The van der Waals surface area contributed by atoms with Crippen LogP contribution in [0, 0.1) is 5.92 Å². The highest BCUT2D eigenvalue weighted by atomic mass is 15.1. The van der Waals surface area contributed by atoms with E-state index in [2.05, 4.69) is 43.6 Å². The molecular weight excluding hydrogens is 160 g/mol. The van der Waals surface area contributed by atoms with Gasteiger partial charge in [-0.25, -0.2) is 0 Å². The molecule has 1 N–H and O–H groups in total. The van der Waals surface area contributed by atoms with Crippen LogP contribution in [0.2, 0.25) is 0 Å². The van der Waals surface area contributed by atoms with Gasteiger partial charge in [-0.1, -0.05) is 32.1 Å². The van der Waals surface area contributed by atoms with E-state index in [-0.39, 0.29) is 0 Å². The van der Waals surface area contributed by atoms with Crippen LogP contribution in [-0.2, 0) is 0 Å². The van der Waals surface area contributed by atoms with E-state index in [0.717, 1.165) is 11.3 Å². The van der Waals surface area contributed by atoms with Crippen molar-refractivity contribution in [2.45, 2.75) is 20.8 Å². The first-order valence-corrected chi connectivity index (χ1v) is 4.49. The zero-order chi connectivity index (χ0) is 9.84. The summed E-state index contributed by atoms with van der Waals surface area (Å²) in [5, 5.41) is 6.91. The fourth-order valence-corrected chi connectivity index (χ4v) is 0.978. The van der Waals surface area contributed by atoms with E-state index in [1.807, 2.05) is 6.08 Å². The third kappa shape index (κ3) is 2.31. The number of H-pyrrole nitrogens is 1. The molecular formula is C11H16N2. The molecule has 0 radical (unpaired) electrons. The Hall–Kier alpha value is -1.31. The van der Waals surface area contributed by atoms with E-state index in [1.165, 1.54) is 5.57 Å². The lowest BCUT2D eigenvalue weighted by atomic mass is 10.0. The van der Waals surface area contributed by atoms with Gasteiger partial charge in [0.1, 0.15) is 0 Å². The average Bonchev–Trinajstić information content (AvgIpc) is 2.51. The van der Waals surface area contributed by atoms with Crippen molar-refractivity contribution in [2.75, 3.05) is 0 Å². The minimum Gasteiger partial charge on any atom is -0.278 e. The number of allylic oxidation sites excluding steroid dienone is 1. The third-order valence-corrected chi connectivity index (χ3v) is 2.20. The molecule has 0 unspecified atom stereocenters. The highest BCUT2D eigenvalue weighted by Crippen LogP contribution is 2.15. The summed E-state index contributed by atoms with van der Waals surface area (Å²) in [6, 6.07) is 0. The highest BCUT2D eigenvalue weighted by molar-refractivity contribution is 5.62. The lowest BCUT2D eigenvalue weighted by molar-refractivity contribution is 0.775. The Morgan fingerprint density at radius 1 is 1.62 bits per heavy atom. The molecule has 1 rings (SSSR count). The largest absolute Gasteiger partial charge is 0.278 e. The maximum absolute atomic E-state index is 3.96. The van der Waals surface area contributed by atoms with Crippen molar-refractivity contribution in [2.24, 2.45) is 5.92 Å². The minimum absolute atomic E-state index is 0.570. The van der Waals surface area contributed by atoms with E-state index in [4.69, 9.17) is 0 Å². The number of hydrogen-bond donors (Lipinski definition) is 1. The van der Waals surface area contributed by atoms with Gasteiger partial charge in [0.05, 0.1) is 11.9 Å². The molecule has 1 heterocycles. The van der Waals surface area contributed by atoms with Crippen LogP contribution in [0.25, 0.3) is 12.2 Å². The van der Waals surface area contributed by atoms with Crippen LogP contribution in [0.5, 0.6) is 0 Å². The number of aromatic amines is 1. The van der Waals surface area contributed by atoms with Gasteiger partial charge in [0, 0.05) is 5.56 Å². The predicted molar refractivity (Wildman–Crippen MR) is 57.2 cm³/mol. The molecule has 0 aliphatic rings. The van der Waals surface area contributed by atoms with Crippen LogP contribution < -0.4 is 0 Å². The van der Waals surface area contributed by atoms with E-state index in [1.54, 1.807) is 6.20 Å². The first kappa shape index (κ1) is 9.78. The summed E-state index contributed by atoms with van der Waals surface area (Å²) >= 11 is 0. The molecule has 2 heteroatoms. The van der Waals surface area contributed by atoms with Gasteiger partial charge in [-0.3, -0.25) is 5.10 Å². The number of nitrogens with one attached hydrogen (secondary N) is 1. The Kier molecular flexibility index (Phi) is 3.07. The molecule has 0 fully saturated rings. The highest BCUT2D eigenvalue weighted by Gasteiger charge is 2.00. The van der Waals surface area contributed by atoms with Gasteiger partial charge >= 0.3 is 0 Å². The summed E-state index contributed by atoms with van der Waals surface area (Å²) in [5.41, 5.74) is 3.44. The van der Waals surface area contributed by atoms with Gasteiger partial charge in [0.15, 0.2) is 0 Å². The molecule has 0 amide bonds. The maximum Gasteiger partial charge on any atom is 0.0649 e. The SMILES string of the molecule is C=Cc1cn[nH]c1/C=C(\C)C(C)C. The normalized spacial score (nSPS) is 12.2. The van der Waals surface area contributed by atoms with E-state index < -0.39 is 0 Å². The second-order valence-electron chi connectivity index (χ2n) is 3.49. The summed E-state index contributed by atoms with van der Waals surface area (Å²) < 4.78 is 0. The first-order valence-electron chi connectivity index (χ1n) is 4.49. The van der Waals surface area contributed by atoms with Gasteiger partial charge in [0.2, 0.25) is 0 Å². The number of nitrogens with zero attached hydrogens (tertiary/aromatic N) is 1. The second-order valence-corrected chi connectivity index (χ2v) is 3.49. The van der Waals surface area contributed by atoms with E-state index in [9.17, 15) is 0 Å². The summed E-state index contributed by atoms with van der Waals surface area (Å²) in [5.74, 6) is 0.570. The molecule has 0 spiro atoms. The molecule has 0 aliphatic heterocycles. The molecule has 1 aromatic heterocycles. The molecule has 13 heavy (non-hydrogen) atoms. The van der Waals surface area contributed by atoms with Crippen LogP contribution in [0.15, 0.2) is 18.3 Å². The van der Waals surface area contributed by atoms with Crippen molar-refractivity contribution < 1.29 is 0 Å². The van der Waals surface area contributed by atoms with Gasteiger partial charge in [-0.2, -0.15) is 5.10 Å². The van der Waals surface area contributed by atoms with Gasteiger partial charge in [0.25, 0.3) is 0 Å². The summed E-state index contributed by atoms with van der Waals surface area (Å²) in [6.07, 6.45) is 5.71. The zero-order valence-electron chi connectivity index (χ0n) is 8.46. The molecule has 0 saturated carbocycles. The number of rotatable bonds is 3. The summed E-state index contributed by atoms with van der Waals surface area (Å²) in [7, 11) is 0. The molecule has 1 aromatic rings. The van der Waals surface area contributed by atoms with Crippen LogP contribution >= 0.6 is 0 Å². The van der Waals surface area contributed by atoms with Crippen molar-refractivity contribution in [3.63, 3.8) is 0 Å². The Balaban J connectivity index is 2.96. The standard InChI is InChI=1S/C11H16N2/c1-5-10-7-12-13-11(10)6-9(4)8(2)3/h5-8H,1H2,2-4H3,(H,12,13)/b9-6+. The second kappa shape index (κ2) is 4.08. The van der Waals surface area contributed by atoms with Crippen LogP contribution in [0.1, 0.15) is 32.0 Å². The molecule has 0 atom stereocenters. The minimum atomic E-state index is 0.570.